The Morgan fingerprint density at radius 1 is 1.03 bits per heavy atom. The molecule has 5 heteroatoms. The fraction of sp³-hybridized carbons (Fsp3) is 0.250. The third-order valence-corrected chi connectivity index (χ3v) is 6.17. The molecule has 1 N–H and O–H groups in total. The van der Waals surface area contributed by atoms with Gasteiger partial charge in [0, 0.05) is 28.2 Å². The van der Waals surface area contributed by atoms with E-state index in [1.165, 1.54) is 0 Å². The molecule has 0 fully saturated rings. The van der Waals surface area contributed by atoms with E-state index in [2.05, 4.69) is 5.32 Å². The molecule has 0 aliphatic heterocycles. The lowest BCUT2D eigenvalue weighted by Gasteiger charge is -2.27. The first-order valence-corrected chi connectivity index (χ1v) is 10.4. The first-order chi connectivity index (χ1) is 13.8. The minimum absolute atomic E-state index is 0.0524. The van der Waals surface area contributed by atoms with Gasteiger partial charge in [0.05, 0.1) is 11.3 Å². The minimum atomic E-state index is -0.330. The third kappa shape index (κ3) is 4.01. The molecular weight excluding hydrogens is 382 g/mol. The Kier molecular flexibility index (Phi) is 5.09. The van der Waals surface area contributed by atoms with E-state index in [4.69, 9.17) is 4.42 Å². The first-order valence-electron chi connectivity index (χ1n) is 9.63. The summed E-state index contributed by atoms with van der Waals surface area (Å²) in [6.07, 6.45) is 1.13. The number of rotatable bonds is 4. The van der Waals surface area contributed by atoms with E-state index in [9.17, 15) is 9.59 Å². The molecule has 1 aromatic heterocycles. The summed E-state index contributed by atoms with van der Waals surface area (Å²) in [5.74, 6) is 0.571. The van der Waals surface area contributed by atoms with Gasteiger partial charge in [0.1, 0.15) is 5.76 Å². The summed E-state index contributed by atoms with van der Waals surface area (Å²) in [5.41, 5.74) is 1.78. The van der Waals surface area contributed by atoms with E-state index in [0.29, 0.717) is 35.4 Å². The van der Waals surface area contributed by atoms with Crippen molar-refractivity contribution in [2.24, 2.45) is 5.41 Å². The van der Waals surface area contributed by atoms with Gasteiger partial charge in [0.15, 0.2) is 11.5 Å². The molecule has 0 bridgehead atoms. The monoisotopic (exact) mass is 405 g/mol. The molecule has 3 aromatic rings. The van der Waals surface area contributed by atoms with Gasteiger partial charge in [-0.05, 0) is 36.6 Å². The van der Waals surface area contributed by atoms with Gasteiger partial charge in [0.2, 0.25) is 0 Å². The van der Waals surface area contributed by atoms with Gasteiger partial charge >= 0.3 is 0 Å². The summed E-state index contributed by atoms with van der Waals surface area (Å²) in [4.78, 5) is 27.6. The van der Waals surface area contributed by atoms with E-state index < -0.39 is 0 Å². The van der Waals surface area contributed by atoms with Crippen molar-refractivity contribution < 1.29 is 14.0 Å². The molecule has 0 radical (unpaired) electrons. The van der Waals surface area contributed by atoms with Crippen LogP contribution in [0.4, 0.5) is 5.69 Å². The van der Waals surface area contributed by atoms with Gasteiger partial charge in [0.25, 0.3) is 5.91 Å². The second-order valence-corrected chi connectivity index (χ2v) is 9.28. The molecule has 0 saturated carbocycles. The summed E-state index contributed by atoms with van der Waals surface area (Å²) >= 11 is 1.58. The van der Waals surface area contributed by atoms with Crippen molar-refractivity contribution in [1.29, 1.82) is 0 Å². The Balaban J connectivity index is 1.61. The largest absolute Gasteiger partial charge is 0.455 e. The van der Waals surface area contributed by atoms with Gasteiger partial charge < -0.3 is 9.73 Å². The SMILES string of the molecule is Cc1c(C(=O)Nc2ccccc2Sc2ccccc2)oc2c1C(=O)CC(C)(C)C2. The number of ketones is 1. The van der Waals surface area contributed by atoms with Crippen LogP contribution in [0.1, 0.15) is 52.5 Å². The van der Waals surface area contributed by atoms with Crippen molar-refractivity contribution in [2.45, 2.75) is 43.4 Å². The predicted molar refractivity (Wildman–Crippen MR) is 115 cm³/mol. The number of carbonyl (C=O) groups excluding carboxylic acids is 2. The van der Waals surface area contributed by atoms with Gasteiger partial charge in [-0.25, -0.2) is 0 Å². The molecule has 1 aliphatic carbocycles. The second-order valence-electron chi connectivity index (χ2n) is 8.16. The number of benzene rings is 2. The van der Waals surface area contributed by atoms with Crippen LogP contribution >= 0.6 is 11.8 Å². The molecule has 4 nitrogen and oxygen atoms in total. The van der Waals surface area contributed by atoms with Crippen LogP contribution < -0.4 is 5.32 Å². The zero-order chi connectivity index (χ0) is 20.6. The number of fused-ring (bicyclic) bond motifs is 1. The molecule has 1 amide bonds. The van der Waals surface area contributed by atoms with E-state index in [1.807, 2.05) is 68.4 Å². The van der Waals surface area contributed by atoms with E-state index in [1.54, 1.807) is 18.7 Å². The number of para-hydroxylation sites is 1. The van der Waals surface area contributed by atoms with Gasteiger partial charge in [-0.15, -0.1) is 0 Å². The topological polar surface area (TPSA) is 59.3 Å². The molecule has 148 valence electrons. The van der Waals surface area contributed by atoms with Crippen molar-refractivity contribution in [3.63, 3.8) is 0 Å². The number of hydrogen-bond acceptors (Lipinski definition) is 4. The molecule has 0 saturated heterocycles. The van der Waals surface area contributed by atoms with Gasteiger partial charge in [-0.1, -0.05) is 55.9 Å². The molecule has 29 heavy (non-hydrogen) atoms. The molecular formula is C24H23NO3S. The molecule has 2 aromatic carbocycles. The maximum absolute atomic E-state index is 13.0. The molecule has 0 spiro atoms. The van der Waals surface area contributed by atoms with E-state index in [0.717, 1.165) is 9.79 Å². The van der Waals surface area contributed by atoms with Crippen LogP contribution in [0.3, 0.4) is 0 Å². The first kappa shape index (κ1) is 19.5. The average Bonchev–Trinajstić information content (AvgIpc) is 2.99. The number of nitrogens with one attached hydrogen (secondary N) is 1. The van der Waals surface area contributed by atoms with Crippen molar-refractivity contribution >= 4 is 29.1 Å². The lowest BCUT2D eigenvalue weighted by Crippen LogP contribution is -2.26. The minimum Gasteiger partial charge on any atom is -0.455 e. The fourth-order valence-electron chi connectivity index (χ4n) is 3.75. The highest BCUT2D eigenvalue weighted by atomic mass is 32.2. The third-order valence-electron chi connectivity index (χ3n) is 5.09. The van der Waals surface area contributed by atoms with E-state index >= 15 is 0 Å². The van der Waals surface area contributed by atoms with Crippen LogP contribution in [0, 0.1) is 12.3 Å². The summed E-state index contributed by atoms with van der Waals surface area (Å²) in [6, 6.07) is 17.7. The van der Waals surface area contributed by atoms with Crippen molar-refractivity contribution in [3.8, 4) is 0 Å². The fourth-order valence-corrected chi connectivity index (χ4v) is 4.68. The summed E-state index contributed by atoms with van der Waals surface area (Å²) in [5, 5.41) is 2.97. The van der Waals surface area contributed by atoms with Crippen molar-refractivity contribution in [2.75, 3.05) is 5.32 Å². The number of hydrogen-bond donors (Lipinski definition) is 1. The number of Topliss-reactive ketones (excluding diaryl/α,β-unsaturated/α-hetero) is 1. The van der Waals surface area contributed by atoms with Crippen LogP contribution in [0.5, 0.6) is 0 Å². The maximum atomic E-state index is 13.0. The lowest BCUT2D eigenvalue weighted by molar-refractivity contribution is 0.0898. The Hall–Kier alpha value is -2.79. The summed E-state index contributed by atoms with van der Waals surface area (Å²) in [6.45, 7) is 5.88. The standard InChI is InChI=1S/C24H23NO3S/c1-15-21-18(26)13-24(2,3)14-19(21)28-22(15)23(27)25-17-11-7-8-12-20(17)29-16-9-5-4-6-10-16/h4-12H,13-14H2,1-3H3,(H,25,27). The maximum Gasteiger partial charge on any atom is 0.291 e. The Morgan fingerprint density at radius 2 is 1.72 bits per heavy atom. The van der Waals surface area contributed by atoms with Crippen LogP contribution in [0.25, 0.3) is 0 Å². The highest BCUT2D eigenvalue weighted by Crippen LogP contribution is 2.39. The number of carbonyl (C=O) groups is 2. The Bertz CT molecular complexity index is 1080. The number of anilines is 1. The Labute approximate surface area is 174 Å². The lowest BCUT2D eigenvalue weighted by atomic mass is 9.76. The molecule has 0 unspecified atom stereocenters. The highest BCUT2D eigenvalue weighted by molar-refractivity contribution is 7.99. The van der Waals surface area contributed by atoms with Crippen molar-refractivity contribution in [3.05, 3.63) is 77.2 Å². The van der Waals surface area contributed by atoms with Crippen LogP contribution in [0.15, 0.2) is 68.8 Å². The quantitative estimate of drug-likeness (QED) is 0.566. The second kappa shape index (κ2) is 7.56. The summed E-state index contributed by atoms with van der Waals surface area (Å²) in [7, 11) is 0. The molecule has 4 rings (SSSR count). The smallest absolute Gasteiger partial charge is 0.291 e. The van der Waals surface area contributed by atoms with Crippen LogP contribution in [0.2, 0.25) is 0 Å². The van der Waals surface area contributed by atoms with E-state index in [-0.39, 0.29) is 22.9 Å². The van der Waals surface area contributed by atoms with Gasteiger partial charge in [-0.3, -0.25) is 9.59 Å². The van der Waals surface area contributed by atoms with Crippen molar-refractivity contribution in [1.82, 2.24) is 0 Å². The zero-order valence-electron chi connectivity index (χ0n) is 16.7. The Morgan fingerprint density at radius 3 is 2.48 bits per heavy atom. The molecule has 0 atom stereocenters. The number of amides is 1. The van der Waals surface area contributed by atoms with Crippen LogP contribution in [-0.4, -0.2) is 11.7 Å². The highest BCUT2D eigenvalue weighted by Gasteiger charge is 2.37. The predicted octanol–water partition coefficient (Wildman–Crippen LogP) is 6.15. The van der Waals surface area contributed by atoms with Gasteiger partial charge in [-0.2, -0.15) is 0 Å². The zero-order valence-corrected chi connectivity index (χ0v) is 17.6. The molecule has 1 heterocycles. The molecule has 1 aliphatic rings. The number of furan rings is 1. The normalized spacial score (nSPS) is 15.1. The average molecular weight is 406 g/mol. The van der Waals surface area contributed by atoms with Crippen LogP contribution in [-0.2, 0) is 6.42 Å². The summed E-state index contributed by atoms with van der Waals surface area (Å²) < 4.78 is 5.90.